The molecule has 0 unspecified atom stereocenters. The standard InChI is InChI=1S/C16H25N3O2S/c1-13-5-7-14(8-6-13)12-22-11-10-18-15(20)4-2-3-9-19-16(17)21/h5-8H,2-4,9-12H2,1H3,(H,18,20)(H3,17,19,21). The van der Waals surface area contributed by atoms with Gasteiger partial charge < -0.3 is 16.4 Å². The molecule has 0 saturated carbocycles. The normalized spacial score (nSPS) is 10.2. The molecule has 0 aromatic heterocycles. The summed E-state index contributed by atoms with van der Waals surface area (Å²) in [5.74, 6) is 1.94. The predicted molar refractivity (Wildman–Crippen MR) is 91.8 cm³/mol. The Morgan fingerprint density at radius 2 is 1.82 bits per heavy atom. The molecule has 0 aliphatic carbocycles. The smallest absolute Gasteiger partial charge is 0.312 e. The van der Waals surface area contributed by atoms with Crippen molar-refractivity contribution in [2.75, 3.05) is 18.8 Å². The van der Waals surface area contributed by atoms with Gasteiger partial charge >= 0.3 is 6.03 Å². The van der Waals surface area contributed by atoms with Crippen LogP contribution in [0.2, 0.25) is 0 Å². The Morgan fingerprint density at radius 1 is 1.09 bits per heavy atom. The second-order valence-corrected chi connectivity index (χ2v) is 6.24. The van der Waals surface area contributed by atoms with Crippen molar-refractivity contribution in [1.29, 1.82) is 0 Å². The summed E-state index contributed by atoms with van der Waals surface area (Å²) in [5.41, 5.74) is 7.53. The van der Waals surface area contributed by atoms with Crippen LogP contribution in [0.1, 0.15) is 30.4 Å². The van der Waals surface area contributed by atoms with Gasteiger partial charge in [0, 0.05) is 31.0 Å². The lowest BCUT2D eigenvalue weighted by atomic mass is 10.2. The molecule has 0 radical (unpaired) electrons. The van der Waals surface area contributed by atoms with E-state index in [1.54, 1.807) is 0 Å². The maximum Gasteiger partial charge on any atom is 0.312 e. The number of aryl methyl sites for hydroxylation is 1. The first-order valence-corrected chi connectivity index (χ1v) is 8.66. The summed E-state index contributed by atoms with van der Waals surface area (Å²) in [5, 5.41) is 5.41. The van der Waals surface area contributed by atoms with Crippen LogP contribution in [0.3, 0.4) is 0 Å². The van der Waals surface area contributed by atoms with Gasteiger partial charge in [0.2, 0.25) is 5.91 Å². The monoisotopic (exact) mass is 323 g/mol. The molecule has 3 amide bonds. The molecular weight excluding hydrogens is 298 g/mol. The number of carbonyl (C=O) groups is 2. The molecule has 0 heterocycles. The van der Waals surface area contributed by atoms with E-state index in [1.165, 1.54) is 11.1 Å². The molecule has 0 aliphatic heterocycles. The Hall–Kier alpha value is -1.69. The molecule has 0 aliphatic rings. The van der Waals surface area contributed by atoms with E-state index in [0.29, 0.717) is 19.5 Å². The summed E-state index contributed by atoms with van der Waals surface area (Å²) < 4.78 is 0. The largest absolute Gasteiger partial charge is 0.355 e. The van der Waals surface area contributed by atoms with Crippen molar-refractivity contribution >= 4 is 23.7 Å². The van der Waals surface area contributed by atoms with Crippen LogP contribution in [0, 0.1) is 6.92 Å². The fourth-order valence-electron chi connectivity index (χ4n) is 1.85. The van der Waals surface area contributed by atoms with E-state index in [0.717, 1.165) is 24.3 Å². The number of benzene rings is 1. The van der Waals surface area contributed by atoms with Crippen LogP contribution in [-0.2, 0) is 10.5 Å². The number of amides is 3. The number of nitrogens with two attached hydrogens (primary N) is 1. The molecule has 5 nitrogen and oxygen atoms in total. The molecule has 0 atom stereocenters. The summed E-state index contributed by atoms with van der Waals surface area (Å²) in [6.07, 6.45) is 2.00. The lowest BCUT2D eigenvalue weighted by Gasteiger charge is -2.06. The van der Waals surface area contributed by atoms with E-state index in [-0.39, 0.29) is 5.91 Å². The quantitative estimate of drug-likeness (QED) is 0.577. The zero-order valence-corrected chi connectivity index (χ0v) is 13.9. The summed E-state index contributed by atoms with van der Waals surface area (Å²) in [6.45, 7) is 3.29. The van der Waals surface area contributed by atoms with Crippen molar-refractivity contribution < 1.29 is 9.59 Å². The Balaban J connectivity index is 1.96. The number of nitrogens with one attached hydrogen (secondary N) is 2. The molecule has 6 heteroatoms. The van der Waals surface area contributed by atoms with Crippen molar-refractivity contribution in [3.05, 3.63) is 35.4 Å². The minimum absolute atomic E-state index is 0.0648. The highest BCUT2D eigenvalue weighted by atomic mass is 32.2. The third-order valence-corrected chi connectivity index (χ3v) is 4.12. The van der Waals surface area contributed by atoms with E-state index in [9.17, 15) is 9.59 Å². The zero-order chi connectivity index (χ0) is 16.2. The van der Waals surface area contributed by atoms with Crippen LogP contribution in [0.4, 0.5) is 4.79 Å². The average Bonchev–Trinajstić information content (AvgIpc) is 2.48. The highest BCUT2D eigenvalue weighted by Crippen LogP contribution is 2.12. The summed E-state index contributed by atoms with van der Waals surface area (Å²) in [4.78, 5) is 22.0. The molecule has 0 saturated heterocycles. The maximum absolute atomic E-state index is 11.6. The van der Waals surface area contributed by atoms with Crippen molar-refractivity contribution in [2.24, 2.45) is 5.73 Å². The Bertz CT molecular complexity index is 463. The van der Waals surface area contributed by atoms with E-state index in [2.05, 4.69) is 41.8 Å². The molecule has 122 valence electrons. The van der Waals surface area contributed by atoms with E-state index >= 15 is 0 Å². The van der Waals surface area contributed by atoms with Crippen LogP contribution in [0.25, 0.3) is 0 Å². The first-order valence-electron chi connectivity index (χ1n) is 7.51. The van der Waals surface area contributed by atoms with Gasteiger partial charge in [0.1, 0.15) is 0 Å². The van der Waals surface area contributed by atoms with Crippen molar-refractivity contribution in [2.45, 2.75) is 31.9 Å². The summed E-state index contributed by atoms with van der Waals surface area (Å²) in [7, 11) is 0. The molecule has 4 N–H and O–H groups in total. The van der Waals surface area contributed by atoms with Gasteiger partial charge in [-0.05, 0) is 25.3 Å². The Labute approximate surface area is 136 Å². The van der Waals surface area contributed by atoms with Gasteiger partial charge in [-0.2, -0.15) is 11.8 Å². The van der Waals surface area contributed by atoms with Crippen LogP contribution in [-0.4, -0.2) is 30.8 Å². The first-order chi connectivity index (χ1) is 10.6. The fraction of sp³-hybridized carbons (Fsp3) is 0.500. The van der Waals surface area contributed by atoms with Gasteiger partial charge in [0.05, 0.1) is 0 Å². The van der Waals surface area contributed by atoms with Crippen molar-refractivity contribution in [3.8, 4) is 0 Å². The van der Waals surface area contributed by atoms with Gasteiger partial charge in [0.25, 0.3) is 0 Å². The SMILES string of the molecule is Cc1ccc(CSCCNC(=O)CCCCNC(N)=O)cc1. The van der Waals surface area contributed by atoms with Crippen LogP contribution >= 0.6 is 11.8 Å². The van der Waals surface area contributed by atoms with E-state index in [1.807, 2.05) is 11.8 Å². The minimum Gasteiger partial charge on any atom is -0.355 e. The third kappa shape index (κ3) is 9.28. The summed E-state index contributed by atoms with van der Waals surface area (Å²) in [6, 6.07) is 7.99. The number of rotatable bonds is 10. The minimum atomic E-state index is -0.518. The number of urea groups is 1. The lowest BCUT2D eigenvalue weighted by Crippen LogP contribution is -2.30. The Kier molecular flexibility index (Phi) is 9.14. The van der Waals surface area contributed by atoms with Crippen LogP contribution in [0.15, 0.2) is 24.3 Å². The fourth-order valence-corrected chi connectivity index (χ4v) is 2.67. The zero-order valence-electron chi connectivity index (χ0n) is 13.1. The number of primary amides is 1. The number of carbonyl (C=O) groups excluding carboxylic acids is 2. The molecule has 0 fully saturated rings. The molecule has 1 aromatic rings. The second-order valence-electron chi connectivity index (χ2n) is 5.14. The molecule has 22 heavy (non-hydrogen) atoms. The third-order valence-electron chi connectivity index (χ3n) is 3.09. The number of thioether (sulfide) groups is 1. The van der Waals surface area contributed by atoms with Crippen LogP contribution < -0.4 is 16.4 Å². The van der Waals surface area contributed by atoms with Gasteiger partial charge in [-0.3, -0.25) is 4.79 Å². The summed E-state index contributed by atoms with van der Waals surface area (Å²) >= 11 is 1.81. The van der Waals surface area contributed by atoms with Gasteiger partial charge in [-0.1, -0.05) is 29.8 Å². The molecule has 1 rings (SSSR count). The van der Waals surface area contributed by atoms with Gasteiger partial charge in [0.15, 0.2) is 0 Å². The topological polar surface area (TPSA) is 84.2 Å². The Morgan fingerprint density at radius 3 is 2.50 bits per heavy atom. The van der Waals surface area contributed by atoms with Gasteiger partial charge in [-0.25, -0.2) is 4.79 Å². The number of unbranched alkanes of at least 4 members (excludes halogenated alkanes) is 1. The first kappa shape index (κ1) is 18.4. The van der Waals surface area contributed by atoms with Gasteiger partial charge in [-0.15, -0.1) is 0 Å². The van der Waals surface area contributed by atoms with Crippen LogP contribution in [0.5, 0.6) is 0 Å². The molecular formula is C16H25N3O2S. The molecule has 0 bridgehead atoms. The van der Waals surface area contributed by atoms with Crippen molar-refractivity contribution in [3.63, 3.8) is 0 Å². The highest BCUT2D eigenvalue weighted by molar-refractivity contribution is 7.98. The number of hydrogen-bond acceptors (Lipinski definition) is 3. The lowest BCUT2D eigenvalue weighted by molar-refractivity contribution is -0.121. The molecule has 0 spiro atoms. The average molecular weight is 323 g/mol. The highest BCUT2D eigenvalue weighted by Gasteiger charge is 2.01. The van der Waals surface area contributed by atoms with E-state index < -0.39 is 6.03 Å². The van der Waals surface area contributed by atoms with Crippen molar-refractivity contribution in [1.82, 2.24) is 10.6 Å². The molecule has 1 aromatic carbocycles. The maximum atomic E-state index is 11.6. The second kappa shape index (κ2) is 11.0. The predicted octanol–water partition coefficient (Wildman–Crippen LogP) is 2.18. The number of hydrogen-bond donors (Lipinski definition) is 3. The van der Waals surface area contributed by atoms with E-state index in [4.69, 9.17) is 5.73 Å².